The van der Waals surface area contributed by atoms with Gasteiger partial charge in [0.05, 0.1) is 5.02 Å². The molecule has 1 aliphatic heterocycles. The first-order valence-corrected chi connectivity index (χ1v) is 6.19. The topological polar surface area (TPSA) is 24.1 Å². The van der Waals surface area contributed by atoms with Gasteiger partial charge >= 0.3 is 0 Å². The van der Waals surface area contributed by atoms with Crippen LogP contribution in [0.1, 0.15) is 17.3 Å². The van der Waals surface area contributed by atoms with E-state index in [-0.39, 0.29) is 6.17 Å². The van der Waals surface area contributed by atoms with Crippen molar-refractivity contribution in [3.8, 4) is 0 Å². The first-order chi connectivity index (χ1) is 8.75. The zero-order valence-electron chi connectivity index (χ0n) is 9.78. The van der Waals surface area contributed by atoms with Crippen LogP contribution in [0.5, 0.6) is 0 Å². The molecule has 3 heteroatoms. The molecule has 1 atom stereocenters. The lowest BCUT2D eigenvalue weighted by Crippen LogP contribution is -2.31. The fourth-order valence-electron chi connectivity index (χ4n) is 2.20. The maximum atomic E-state index is 6.19. The van der Waals surface area contributed by atoms with Crippen LogP contribution in [0.2, 0.25) is 5.02 Å². The number of rotatable bonds is 1. The minimum absolute atomic E-state index is 0.0321. The predicted molar refractivity (Wildman–Crippen MR) is 76.4 cm³/mol. The SMILES string of the molecule is C=C1NC(c2ccccc2)Nc2cccc(Cl)c21. The van der Waals surface area contributed by atoms with Gasteiger partial charge in [0.25, 0.3) is 0 Å². The summed E-state index contributed by atoms with van der Waals surface area (Å²) in [6, 6.07) is 16.0. The van der Waals surface area contributed by atoms with Crippen LogP contribution in [0.25, 0.3) is 5.70 Å². The van der Waals surface area contributed by atoms with Gasteiger partial charge in [-0.2, -0.15) is 0 Å². The van der Waals surface area contributed by atoms with E-state index < -0.39 is 0 Å². The van der Waals surface area contributed by atoms with Crippen molar-refractivity contribution >= 4 is 23.0 Å². The Hall–Kier alpha value is -1.93. The minimum atomic E-state index is 0.0321. The van der Waals surface area contributed by atoms with Gasteiger partial charge in [0.2, 0.25) is 0 Å². The Balaban J connectivity index is 2.00. The van der Waals surface area contributed by atoms with E-state index >= 15 is 0 Å². The molecule has 18 heavy (non-hydrogen) atoms. The van der Waals surface area contributed by atoms with E-state index in [1.54, 1.807) is 0 Å². The Kier molecular flexibility index (Phi) is 2.73. The van der Waals surface area contributed by atoms with Gasteiger partial charge in [0, 0.05) is 16.9 Å². The van der Waals surface area contributed by atoms with E-state index in [1.165, 1.54) is 5.56 Å². The Morgan fingerprint density at radius 2 is 1.72 bits per heavy atom. The third-order valence-electron chi connectivity index (χ3n) is 3.07. The van der Waals surface area contributed by atoms with Crippen LogP contribution in [-0.4, -0.2) is 0 Å². The lowest BCUT2D eigenvalue weighted by atomic mass is 10.0. The van der Waals surface area contributed by atoms with Gasteiger partial charge in [0.1, 0.15) is 6.17 Å². The summed E-state index contributed by atoms with van der Waals surface area (Å²) < 4.78 is 0. The number of nitrogens with one attached hydrogen (secondary N) is 2. The molecule has 90 valence electrons. The molecule has 0 spiro atoms. The number of fused-ring (bicyclic) bond motifs is 1. The Morgan fingerprint density at radius 1 is 0.944 bits per heavy atom. The van der Waals surface area contributed by atoms with Crippen LogP contribution in [0, 0.1) is 0 Å². The summed E-state index contributed by atoms with van der Waals surface area (Å²) in [4.78, 5) is 0. The molecule has 2 aromatic rings. The third kappa shape index (κ3) is 1.85. The van der Waals surface area contributed by atoms with E-state index in [0.29, 0.717) is 5.02 Å². The molecule has 0 saturated heterocycles. The van der Waals surface area contributed by atoms with Crippen molar-refractivity contribution in [3.63, 3.8) is 0 Å². The molecule has 1 unspecified atom stereocenters. The highest BCUT2D eigenvalue weighted by Crippen LogP contribution is 2.35. The van der Waals surface area contributed by atoms with Crippen LogP contribution in [0.15, 0.2) is 55.1 Å². The van der Waals surface area contributed by atoms with Crippen molar-refractivity contribution in [1.29, 1.82) is 0 Å². The predicted octanol–water partition coefficient (Wildman–Crippen LogP) is 4.02. The summed E-state index contributed by atoms with van der Waals surface area (Å²) in [6.45, 7) is 4.06. The second kappa shape index (κ2) is 4.39. The van der Waals surface area contributed by atoms with Crippen molar-refractivity contribution in [2.75, 3.05) is 5.32 Å². The van der Waals surface area contributed by atoms with Gasteiger partial charge < -0.3 is 10.6 Å². The van der Waals surface area contributed by atoms with Gasteiger partial charge in [-0.3, -0.25) is 0 Å². The molecule has 0 amide bonds. The Bertz CT molecular complexity index is 593. The molecule has 0 bridgehead atoms. The third-order valence-corrected chi connectivity index (χ3v) is 3.38. The summed E-state index contributed by atoms with van der Waals surface area (Å²) in [5.41, 5.74) is 3.99. The van der Waals surface area contributed by atoms with Crippen molar-refractivity contribution in [1.82, 2.24) is 5.32 Å². The van der Waals surface area contributed by atoms with E-state index in [1.807, 2.05) is 36.4 Å². The molecule has 0 fully saturated rings. The zero-order chi connectivity index (χ0) is 12.5. The quantitative estimate of drug-likeness (QED) is 0.805. The smallest absolute Gasteiger partial charge is 0.123 e. The summed E-state index contributed by atoms with van der Waals surface area (Å²) in [5.74, 6) is 0. The molecule has 0 radical (unpaired) electrons. The van der Waals surface area contributed by atoms with Crippen LogP contribution in [-0.2, 0) is 0 Å². The number of halogens is 1. The van der Waals surface area contributed by atoms with Gasteiger partial charge in [-0.05, 0) is 17.7 Å². The van der Waals surface area contributed by atoms with E-state index in [4.69, 9.17) is 11.6 Å². The highest BCUT2D eigenvalue weighted by Gasteiger charge is 2.22. The van der Waals surface area contributed by atoms with Crippen molar-refractivity contribution in [3.05, 3.63) is 71.3 Å². The monoisotopic (exact) mass is 256 g/mol. The van der Waals surface area contributed by atoms with E-state index in [9.17, 15) is 0 Å². The lowest BCUT2D eigenvalue weighted by molar-refractivity contribution is 0.703. The normalized spacial score (nSPS) is 17.6. The van der Waals surface area contributed by atoms with Crippen molar-refractivity contribution in [2.45, 2.75) is 6.17 Å². The zero-order valence-corrected chi connectivity index (χ0v) is 10.5. The van der Waals surface area contributed by atoms with Crippen LogP contribution in [0.3, 0.4) is 0 Å². The first-order valence-electron chi connectivity index (χ1n) is 5.81. The molecule has 1 heterocycles. The highest BCUT2D eigenvalue weighted by atomic mass is 35.5. The summed E-state index contributed by atoms with van der Waals surface area (Å²) >= 11 is 6.19. The highest BCUT2D eigenvalue weighted by molar-refractivity contribution is 6.33. The second-order valence-electron chi connectivity index (χ2n) is 4.27. The summed E-state index contributed by atoms with van der Waals surface area (Å²) in [5, 5.41) is 7.48. The molecule has 0 aliphatic carbocycles. The van der Waals surface area contributed by atoms with Gasteiger partial charge in [-0.1, -0.05) is 54.6 Å². The standard InChI is InChI=1S/C15H13ClN2/c1-10-14-12(16)8-5-9-13(14)18-15(17-10)11-6-3-2-4-7-11/h2-9,15,17-18H,1H2. The number of hydrogen-bond acceptors (Lipinski definition) is 2. The molecule has 1 aliphatic rings. The molecular formula is C15H13ClN2. The molecule has 0 saturated carbocycles. The Morgan fingerprint density at radius 3 is 2.50 bits per heavy atom. The summed E-state index contributed by atoms with van der Waals surface area (Å²) in [7, 11) is 0. The fraction of sp³-hybridized carbons (Fsp3) is 0.0667. The molecular weight excluding hydrogens is 244 g/mol. The van der Waals surface area contributed by atoms with E-state index in [2.05, 4.69) is 29.3 Å². The largest absolute Gasteiger partial charge is 0.362 e. The number of hydrogen-bond donors (Lipinski definition) is 2. The van der Waals surface area contributed by atoms with Crippen LogP contribution >= 0.6 is 11.6 Å². The average molecular weight is 257 g/mol. The fourth-order valence-corrected chi connectivity index (χ4v) is 2.49. The van der Waals surface area contributed by atoms with Crippen LogP contribution < -0.4 is 10.6 Å². The average Bonchev–Trinajstić information content (AvgIpc) is 2.39. The maximum Gasteiger partial charge on any atom is 0.123 e. The molecule has 3 rings (SSSR count). The number of anilines is 1. The molecule has 2 N–H and O–H groups in total. The first kappa shape index (κ1) is 11.2. The maximum absolute atomic E-state index is 6.19. The van der Waals surface area contributed by atoms with Crippen LogP contribution in [0.4, 0.5) is 5.69 Å². The lowest BCUT2D eigenvalue weighted by Gasteiger charge is -2.31. The van der Waals surface area contributed by atoms with Gasteiger partial charge in [-0.25, -0.2) is 0 Å². The minimum Gasteiger partial charge on any atom is -0.362 e. The Labute approximate surface area is 111 Å². The van der Waals surface area contributed by atoms with Crippen molar-refractivity contribution < 1.29 is 0 Å². The summed E-state index contributed by atoms with van der Waals surface area (Å²) in [6.07, 6.45) is 0.0321. The molecule has 2 nitrogen and oxygen atoms in total. The van der Waals surface area contributed by atoms with Gasteiger partial charge in [0.15, 0.2) is 0 Å². The van der Waals surface area contributed by atoms with Crippen molar-refractivity contribution in [2.24, 2.45) is 0 Å². The molecule has 0 aromatic heterocycles. The van der Waals surface area contributed by atoms with E-state index in [0.717, 1.165) is 16.9 Å². The van der Waals surface area contributed by atoms with Gasteiger partial charge in [-0.15, -0.1) is 0 Å². The second-order valence-corrected chi connectivity index (χ2v) is 4.68. The molecule has 2 aromatic carbocycles. The number of benzene rings is 2.